The van der Waals surface area contributed by atoms with Gasteiger partial charge < -0.3 is 27.4 Å². The van der Waals surface area contributed by atoms with Crippen LogP contribution in [-0.4, -0.2) is 57.3 Å². The molecule has 692 valence electrons. The first-order chi connectivity index (χ1) is 74.0. The maximum atomic E-state index is 4.85. The lowest BCUT2D eigenvalue weighted by molar-refractivity contribution is 1.18. The van der Waals surface area contributed by atoms with Gasteiger partial charge in [-0.3, -0.25) is 0 Å². The van der Waals surface area contributed by atoms with Crippen LogP contribution in [0, 0.1) is 0 Å². The minimum atomic E-state index is 0.986. The zero-order valence-corrected chi connectivity index (χ0v) is 83.2. The summed E-state index contributed by atoms with van der Waals surface area (Å²) in [5.74, 6) is 0. The molecule has 149 heavy (non-hydrogen) atoms. The molecule has 0 aliphatic carbocycles. The number of aromatic nitrogens is 12. The largest absolute Gasteiger partial charge is 0.309 e. The molecule has 12 nitrogen and oxygen atoms in total. The molecule has 0 aliphatic heterocycles. The third-order valence-corrected chi connectivity index (χ3v) is 36.7. The van der Waals surface area contributed by atoms with Crippen LogP contribution in [0.4, 0.5) is 0 Å². The average molecular weight is 1990 g/mol. The van der Waals surface area contributed by atoms with Crippen LogP contribution in [0.2, 0.25) is 0 Å². The normalized spacial score (nSPS) is 12.3. The lowest BCUT2D eigenvalue weighted by atomic mass is 9.92. The zero-order chi connectivity index (χ0) is 97.1. The van der Waals surface area contributed by atoms with Gasteiger partial charge in [-0.15, -0.1) is 56.7 Å². The molecule has 35 aromatic rings. The quantitative estimate of drug-likeness (QED) is 0.147. The Labute approximate surface area is 866 Å². The van der Waals surface area contributed by atoms with Gasteiger partial charge in [0.25, 0.3) is 0 Å². The predicted octanol–water partition coefficient (Wildman–Crippen LogP) is 37.0. The highest BCUT2D eigenvalue weighted by Crippen LogP contribution is 2.57. The summed E-state index contributed by atoms with van der Waals surface area (Å²) in [5.41, 5.74) is 23.7. The Morgan fingerprint density at radius 1 is 0.161 bits per heavy atom. The molecular weight excluding hydrogens is 1910 g/mol. The molecular formula is C132H74N12S5. The molecule has 35 rings (SSSR count). The van der Waals surface area contributed by atoms with Crippen molar-refractivity contribution in [2.24, 2.45) is 0 Å². The second-order valence-corrected chi connectivity index (χ2v) is 43.7. The molecule has 0 fully saturated rings. The van der Waals surface area contributed by atoms with Gasteiger partial charge in [-0.1, -0.05) is 285 Å². The van der Waals surface area contributed by atoms with Crippen LogP contribution in [0.25, 0.3) is 310 Å². The lowest BCUT2D eigenvalue weighted by Crippen LogP contribution is -1.96. The molecule has 21 aromatic carbocycles. The summed E-state index contributed by atoms with van der Waals surface area (Å²) in [6.45, 7) is 0. The van der Waals surface area contributed by atoms with Crippen molar-refractivity contribution in [2.75, 3.05) is 0 Å². The molecule has 14 aromatic heterocycles. The molecule has 0 radical (unpaired) electrons. The highest BCUT2D eigenvalue weighted by molar-refractivity contribution is 7.28. The first-order valence-corrected chi connectivity index (χ1v) is 54.1. The Balaban J connectivity index is 0.0000000978. The van der Waals surface area contributed by atoms with Crippen molar-refractivity contribution in [1.29, 1.82) is 0 Å². The first kappa shape index (κ1) is 82.9. The number of hydrogen-bond donors (Lipinski definition) is 0. The van der Waals surface area contributed by atoms with Gasteiger partial charge in [-0.2, -0.15) is 0 Å². The van der Waals surface area contributed by atoms with Crippen LogP contribution in [0.1, 0.15) is 0 Å². The number of hydrogen-bond acceptors (Lipinski definition) is 11. The van der Waals surface area contributed by atoms with E-state index in [-0.39, 0.29) is 0 Å². The van der Waals surface area contributed by atoms with E-state index in [9.17, 15) is 0 Å². The first-order valence-electron chi connectivity index (χ1n) is 50.0. The minimum absolute atomic E-state index is 0.986. The average Bonchev–Trinajstić information content (AvgIpc) is 1.52. The van der Waals surface area contributed by atoms with Crippen LogP contribution in [-0.2, 0) is 0 Å². The van der Waals surface area contributed by atoms with Crippen LogP contribution in [0.3, 0.4) is 0 Å². The van der Waals surface area contributed by atoms with Gasteiger partial charge in [0.15, 0.2) is 0 Å². The Morgan fingerprint density at radius 3 is 0.893 bits per heavy atom. The van der Waals surface area contributed by atoms with E-state index in [1.165, 1.54) is 256 Å². The summed E-state index contributed by atoms with van der Waals surface area (Å²) in [4.78, 5) is 31.1. The van der Waals surface area contributed by atoms with Crippen molar-refractivity contribution in [1.82, 2.24) is 57.3 Å². The summed E-state index contributed by atoms with van der Waals surface area (Å²) in [7, 11) is 0. The predicted molar refractivity (Wildman–Crippen MR) is 635 cm³/mol. The smallest absolute Gasteiger partial charge is 0.128 e. The maximum Gasteiger partial charge on any atom is 0.128 e. The minimum Gasteiger partial charge on any atom is -0.309 e. The van der Waals surface area contributed by atoms with E-state index in [2.05, 4.69) is 455 Å². The molecule has 14 heterocycles. The lowest BCUT2D eigenvalue weighted by Gasteiger charge is -2.14. The number of para-hydroxylation sites is 9. The summed E-state index contributed by atoms with van der Waals surface area (Å²) in [6.07, 6.45) is 11.0. The van der Waals surface area contributed by atoms with E-state index in [4.69, 9.17) is 15.0 Å². The van der Waals surface area contributed by atoms with Crippen LogP contribution < -0.4 is 0 Å². The summed E-state index contributed by atoms with van der Waals surface area (Å²) in [5, 5.41) is 34.8. The van der Waals surface area contributed by atoms with Crippen molar-refractivity contribution in [3.05, 3.63) is 450 Å². The summed E-state index contributed by atoms with van der Waals surface area (Å²) in [6, 6.07) is 150. The number of nitrogens with zero attached hydrogens (tertiary/aromatic N) is 12. The molecule has 0 aliphatic rings. The fraction of sp³-hybridized carbons (Fsp3) is 0. The van der Waals surface area contributed by atoms with Gasteiger partial charge >= 0.3 is 0 Å². The van der Waals surface area contributed by atoms with Crippen molar-refractivity contribution < 1.29 is 0 Å². The molecule has 0 N–H and O–H groups in total. The van der Waals surface area contributed by atoms with E-state index >= 15 is 0 Å². The topological polar surface area (TPSA) is 107 Å². The Kier molecular flexibility index (Phi) is 17.8. The second-order valence-electron chi connectivity index (χ2n) is 38.5. The molecule has 17 heteroatoms. The Morgan fingerprint density at radius 2 is 0.463 bits per heavy atom. The fourth-order valence-corrected chi connectivity index (χ4v) is 30.8. The standard InChI is InChI=1S/C52H30N4S.2C40H22N4S2/c1-2-14-33(15-3-1)55-44-23-10-8-21-40(44)46-47-41-22-9-11-24-45(41)56(50(47)51-48(49(46)55)43-29-53-30-54-52(43)57-51)34-16-12-13-31(27-34)32-25-26-39-37-19-5-4-17-35(37)36-18-6-7-20-38(36)42(39)28-32;1-2-11-23(12-3-1)43-29-17-7-4-14-26(29)33-34-27-15-5-8-18-30(27)44(31-19-10-16-25-24-13-6-9-20-32(24)45-38(25)31)37(34)39-35(36(33)43)28-21-41-22-42-40(28)46-39;1-2-10-23(11-3-1)43-30-15-7-4-13-26(30)34-35-27-14-5-8-16-31(27)44(24-18-19-33-28(20-24)25-12-6-9-17-32(25)45-33)38(35)39-36(37(34)43)29-21-41-22-42-40(29)46-39/h1-30H;2*1-22H. The number of benzene rings is 21. The van der Waals surface area contributed by atoms with Crippen molar-refractivity contribution >= 4 is 321 Å². The molecule has 0 amide bonds. The third kappa shape index (κ3) is 11.8. The SMILES string of the molecule is c1ccc(-n2c3ccccc3c3c4c5ccccc5n(-c5ccc6sc7ccccc7c6c5)c4c4sc5ncncc5c4c32)cc1.c1ccc(-n2c3ccccc3c3c4c5ccccc5n(-c5cccc(-c6ccc7c8ccccc8c8ccccc8c7c6)c5)c4c4sc5ncncc5c4c32)cc1.c1ccc(-n2c3ccccc3c3c4c5ccccc5n(-c5cccc6c5sc5ccccc56)c4c4sc5ncncc5c4c32)cc1. The third-order valence-electron chi connectivity index (χ3n) is 30.9. The van der Waals surface area contributed by atoms with Gasteiger partial charge in [0.2, 0.25) is 0 Å². The number of rotatable bonds is 7. The van der Waals surface area contributed by atoms with Gasteiger partial charge in [0.1, 0.15) is 33.5 Å². The molecule has 0 saturated carbocycles. The maximum absolute atomic E-state index is 4.85. The van der Waals surface area contributed by atoms with E-state index in [0.29, 0.717) is 0 Å². The second kappa shape index (κ2) is 32.0. The van der Waals surface area contributed by atoms with Crippen LogP contribution in [0.5, 0.6) is 0 Å². The highest BCUT2D eigenvalue weighted by Gasteiger charge is 2.34. The van der Waals surface area contributed by atoms with Crippen LogP contribution in [0.15, 0.2) is 450 Å². The zero-order valence-electron chi connectivity index (χ0n) is 79.1. The van der Waals surface area contributed by atoms with E-state index in [1.807, 2.05) is 41.3 Å². The van der Waals surface area contributed by atoms with Gasteiger partial charge in [-0.05, 0) is 171 Å². The Bertz CT molecular complexity index is 11900. The molecule has 0 spiro atoms. The van der Waals surface area contributed by atoms with Crippen molar-refractivity contribution in [3.63, 3.8) is 0 Å². The monoisotopic (exact) mass is 1990 g/mol. The van der Waals surface area contributed by atoms with E-state index in [0.717, 1.165) is 53.4 Å². The van der Waals surface area contributed by atoms with Gasteiger partial charge in [0.05, 0.1) is 90.7 Å². The van der Waals surface area contributed by atoms with Crippen LogP contribution >= 0.6 is 56.7 Å². The molecule has 0 bridgehead atoms. The van der Waals surface area contributed by atoms with Crippen molar-refractivity contribution in [3.8, 4) is 45.3 Å². The van der Waals surface area contributed by atoms with Gasteiger partial charge in [-0.25, -0.2) is 29.9 Å². The molecule has 0 unspecified atom stereocenters. The highest BCUT2D eigenvalue weighted by atomic mass is 32.1. The van der Waals surface area contributed by atoms with Crippen molar-refractivity contribution in [2.45, 2.75) is 0 Å². The number of fused-ring (bicyclic) bond motifs is 48. The fourth-order valence-electron chi connectivity index (χ4n) is 25.0. The number of thiophene rings is 5. The molecule has 0 atom stereocenters. The summed E-state index contributed by atoms with van der Waals surface area (Å²) >= 11 is 9.04. The Hall–Kier alpha value is -18.5. The van der Waals surface area contributed by atoms with E-state index in [1.54, 1.807) is 53.0 Å². The van der Waals surface area contributed by atoms with Gasteiger partial charge in [0, 0.05) is 180 Å². The van der Waals surface area contributed by atoms with E-state index < -0.39 is 0 Å². The molecule has 0 saturated heterocycles. The summed E-state index contributed by atoms with van der Waals surface area (Å²) < 4.78 is 23.8.